The summed E-state index contributed by atoms with van der Waals surface area (Å²) in [4.78, 5) is 11.8. The second-order valence-corrected chi connectivity index (χ2v) is 7.98. The lowest BCUT2D eigenvalue weighted by Gasteiger charge is -2.44. The lowest BCUT2D eigenvalue weighted by molar-refractivity contribution is -0.313. The van der Waals surface area contributed by atoms with Gasteiger partial charge in [0.25, 0.3) is 0 Å². The van der Waals surface area contributed by atoms with E-state index in [4.69, 9.17) is 28.4 Å². The van der Waals surface area contributed by atoms with E-state index < -0.39 is 36.7 Å². The van der Waals surface area contributed by atoms with E-state index in [0.29, 0.717) is 26.4 Å². The molecule has 0 aliphatic carbocycles. The van der Waals surface area contributed by atoms with Gasteiger partial charge in [-0.2, -0.15) is 0 Å². The van der Waals surface area contributed by atoms with Crippen LogP contribution in [0.2, 0.25) is 0 Å². The lowest BCUT2D eigenvalue weighted by atomic mass is 9.98. The van der Waals surface area contributed by atoms with Crippen molar-refractivity contribution in [2.24, 2.45) is 0 Å². The van der Waals surface area contributed by atoms with Crippen LogP contribution in [0, 0.1) is 0 Å². The van der Waals surface area contributed by atoms with Crippen LogP contribution in [0.15, 0.2) is 72.8 Å². The number of rotatable bonds is 8. The molecule has 1 saturated heterocycles. The fourth-order valence-corrected chi connectivity index (χ4v) is 3.94. The molecule has 5 atom stereocenters. The number of carbonyl (C=O) groups excluding carboxylic acids is 1. The maximum atomic E-state index is 11.8. The molecule has 176 valence electrons. The van der Waals surface area contributed by atoms with Gasteiger partial charge in [0, 0.05) is 6.92 Å². The third kappa shape index (κ3) is 6.72. The van der Waals surface area contributed by atoms with Crippen LogP contribution in [0.25, 0.3) is 0 Å². The predicted molar refractivity (Wildman–Crippen MR) is 120 cm³/mol. The van der Waals surface area contributed by atoms with Gasteiger partial charge in [0.1, 0.15) is 24.4 Å². The van der Waals surface area contributed by atoms with Crippen molar-refractivity contribution in [2.45, 2.75) is 50.8 Å². The minimum absolute atomic E-state index is 0.249. The van der Waals surface area contributed by atoms with E-state index in [0.717, 1.165) is 11.1 Å². The number of benzene rings is 2. The number of ether oxygens (including phenoxy) is 6. The summed E-state index contributed by atoms with van der Waals surface area (Å²) >= 11 is 0. The number of carbonyl (C=O) groups is 1. The fraction of sp³-hybridized carbons (Fsp3) is 0.423. The zero-order valence-electron chi connectivity index (χ0n) is 18.7. The first kappa shape index (κ1) is 23.6. The molecule has 0 unspecified atom stereocenters. The van der Waals surface area contributed by atoms with Crippen LogP contribution in [0.5, 0.6) is 0 Å². The van der Waals surface area contributed by atoms with Crippen molar-refractivity contribution >= 4 is 5.97 Å². The second-order valence-electron chi connectivity index (χ2n) is 7.98. The fourth-order valence-electron chi connectivity index (χ4n) is 3.94. The van der Waals surface area contributed by atoms with Crippen LogP contribution in [0.3, 0.4) is 0 Å². The molecule has 2 aromatic rings. The van der Waals surface area contributed by atoms with Crippen molar-refractivity contribution in [1.82, 2.24) is 0 Å². The molecular weight excluding hydrogens is 424 g/mol. The topological polar surface area (TPSA) is 72.5 Å². The van der Waals surface area contributed by atoms with Gasteiger partial charge >= 0.3 is 5.97 Å². The Bertz CT molecular complexity index is 886. The third-order valence-electron chi connectivity index (χ3n) is 5.49. The molecule has 7 nitrogen and oxygen atoms in total. The van der Waals surface area contributed by atoms with Crippen molar-refractivity contribution in [3.05, 3.63) is 83.9 Å². The summed E-state index contributed by atoms with van der Waals surface area (Å²) in [5, 5.41) is 0. The second kappa shape index (κ2) is 12.1. The van der Waals surface area contributed by atoms with Crippen LogP contribution in [0.4, 0.5) is 0 Å². The molecular formula is C26H30O7. The number of hydrogen-bond acceptors (Lipinski definition) is 7. The molecule has 0 amide bonds. The quantitative estimate of drug-likeness (QED) is 0.447. The average Bonchev–Trinajstić information content (AvgIpc) is 2.90. The molecule has 33 heavy (non-hydrogen) atoms. The molecule has 1 fully saturated rings. The van der Waals surface area contributed by atoms with Gasteiger partial charge in [-0.15, -0.1) is 0 Å². The highest BCUT2D eigenvalue weighted by atomic mass is 16.7. The normalized spacial score (nSPS) is 28.2. The maximum absolute atomic E-state index is 11.8. The van der Waals surface area contributed by atoms with Gasteiger partial charge in [0.2, 0.25) is 6.29 Å². The van der Waals surface area contributed by atoms with Crippen molar-refractivity contribution in [3.8, 4) is 0 Å². The molecule has 4 rings (SSSR count). The monoisotopic (exact) mass is 454 g/mol. The Balaban J connectivity index is 1.52. The van der Waals surface area contributed by atoms with E-state index in [-0.39, 0.29) is 6.61 Å². The van der Waals surface area contributed by atoms with Crippen LogP contribution >= 0.6 is 0 Å². The van der Waals surface area contributed by atoms with Crippen LogP contribution in [-0.2, 0) is 46.4 Å². The first-order valence-corrected chi connectivity index (χ1v) is 11.2. The zero-order valence-corrected chi connectivity index (χ0v) is 18.7. The largest absolute Gasteiger partial charge is 0.433 e. The van der Waals surface area contributed by atoms with Gasteiger partial charge in [-0.3, -0.25) is 4.79 Å². The molecule has 0 spiro atoms. The molecule has 7 heteroatoms. The van der Waals surface area contributed by atoms with Gasteiger partial charge in [-0.1, -0.05) is 72.8 Å². The molecule has 2 aliphatic rings. The van der Waals surface area contributed by atoms with E-state index in [1.54, 1.807) is 0 Å². The number of hydrogen-bond donors (Lipinski definition) is 0. The Labute approximate surface area is 194 Å². The van der Waals surface area contributed by atoms with Gasteiger partial charge in [-0.25, -0.2) is 0 Å². The van der Waals surface area contributed by atoms with E-state index in [2.05, 4.69) is 0 Å². The minimum Gasteiger partial charge on any atom is -0.433 e. The summed E-state index contributed by atoms with van der Waals surface area (Å²) in [7, 11) is 0. The predicted octanol–water partition coefficient (Wildman–Crippen LogP) is 3.42. The van der Waals surface area contributed by atoms with Crippen molar-refractivity contribution < 1.29 is 33.2 Å². The van der Waals surface area contributed by atoms with Gasteiger partial charge in [0.15, 0.2) is 0 Å². The highest BCUT2D eigenvalue weighted by Crippen LogP contribution is 2.31. The molecule has 0 radical (unpaired) electrons. The van der Waals surface area contributed by atoms with Crippen LogP contribution < -0.4 is 0 Å². The highest BCUT2D eigenvalue weighted by molar-refractivity contribution is 5.66. The number of esters is 1. The van der Waals surface area contributed by atoms with E-state index in [9.17, 15) is 4.79 Å². The van der Waals surface area contributed by atoms with Crippen LogP contribution in [-0.4, -0.2) is 56.5 Å². The standard InChI is InChI=1S/C26H30O7/c1-19(27)32-26-25-24(31-17-21-12-6-3-7-13-21)23(29-14-8-9-15-30-25)22(33-26)18-28-16-20-10-4-2-5-11-20/h2-13,22-26H,14-18H2,1H3/b9-8-/t22-,23-,24+,25-,26-/m1/s1. The van der Waals surface area contributed by atoms with E-state index in [1.165, 1.54) is 6.92 Å². The summed E-state index contributed by atoms with van der Waals surface area (Å²) in [5.74, 6) is -0.454. The molecule has 2 aliphatic heterocycles. The van der Waals surface area contributed by atoms with Gasteiger partial charge < -0.3 is 28.4 Å². The minimum atomic E-state index is -0.931. The molecule has 2 bridgehead atoms. The summed E-state index contributed by atoms with van der Waals surface area (Å²) in [6.45, 7) is 3.12. The summed E-state index contributed by atoms with van der Waals surface area (Å²) in [6, 6.07) is 19.8. The van der Waals surface area contributed by atoms with Gasteiger partial charge in [0.05, 0.1) is 33.0 Å². The van der Waals surface area contributed by atoms with Crippen molar-refractivity contribution in [2.75, 3.05) is 19.8 Å². The SMILES string of the molecule is CC(=O)O[C@@H]1O[C@H](COCc2ccccc2)[C@H]2OC/C=C\CO[C@@H]1[C@H]2OCc1ccccc1. The van der Waals surface area contributed by atoms with Crippen molar-refractivity contribution in [3.63, 3.8) is 0 Å². The molecule has 0 aromatic heterocycles. The third-order valence-corrected chi connectivity index (χ3v) is 5.49. The summed E-state index contributed by atoms with van der Waals surface area (Å²) < 4.78 is 36.1. The van der Waals surface area contributed by atoms with Crippen LogP contribution in [0.1, 0.15) is 18.1 Å². The van der Waals surface area contributed by atoms with E-state index >= 15 is 0 Å². The molecule has 0 saturated carbocycles. The Morgan fingerprint density at radius 2 is 1.48 bits per heavy atom. The maximum Gasteiger partial charge on any atom is 0.305 e. The lowest BCUT2D eigenvalue weighted by Crippen LogP contribution is -2.62. The van der Waals surface area contributed by atoms with Gasteiger partial charge in [-0.05, 0) is 11.1 Å². The van der Waals surface area contributed by atoms with E-state index in [1.807, 2.05) is 72.8 Å². The Morgan fingerprint density at radius 3 is 2.12 bits per heavy atom. The highest BCUT2D eigenvalue weighted by Gasteiger charge is 2.50. The molecule has 2 aromatic carbocycles. The Morgan fingerprint density at radius 1 is 0.879 bits per heavy atom. The Kier molecular flexibility index (Phi) is 8.63. The zero-order chi connectivity index (χ0) is 22.9. The number of fused-ring (bicyclic) bond motifs is 2. The molecule has 2 heterocycles. The smallest absolute Gasteiger partial charge is 0.305 e. The Hall–Kier alpha value is -2.55. The first-order chi connectivity index (χ1) is 16.2. The summed E-state index contributed by atoms with van der Waals surface area (Å²) in [6.07, 6.45) is 0.705. The first-order valence-electron chi connectivity index (χ1n) is 11.2. The summed E-state index contributed by atoms with van der Waals surface area (Å²) in [5.41, 5.74) is 2.08. The van der Waals surface area contributed by atoms with Crippen molar-refractivity contribution in [1.29, 1.82) is 0 Å². The average molecular weight is 455 g/mol. The molecule has 0 N–H and O–H groups in total.